The number of halogens is 1. The SMILES string of the molecule is Cc1cc(-c2ccc(Cl)c(C(=O)NC(O)C3CCCCCC3)c2)nn1CC(=O)O. The number of hydrogen-bond donors (Lipinski definition) is 3. The summed E-state index contributed by atoms with van der Waals surface area (Å²) in [5, 5.41) is 26.7. The van der Waals surface area contributed by atoms with Crippen LogP contribution in [0.4, 0.5) is 0 Å². The number of aryl methyl sites for hydroxylation is 1. The van der Waals surface area contributed by atoms with Crippen LogP contribution in [-0.2, 0) is 11.3 Å². The second-order valence-electron chi connectivity index (χ2n) is 7.59. The number of amides is 1. The lowest BCUT2D eigenvalue weighted by Gasteiger charge is -2.22. The molecule has 1 amide bonds. The smallest absolute Gasteiger partial charge is 0.325 e. The molecule has 8 heteroatoms. The number of carboxylic acids is 1. The van der Waals surface area contributed by atoms with Gasteiger partial charge in [-0.1, -0.05) is 43.4 Å². The van der Waals surface area contributed by atoms with Crippen LogP contribution in [0.5, 0.6) is 0 Å². The minimum absolute atomic E-state index is 0.0535. The zero-order valence-corrected chi connectivity index (χ0v) is 17.2. The van der Waals surface area contributed by atoms with Crippen molar-refractivity contribution in [1.82, 2.24) is 15.1 Å². The lowest BCUT2D eigenvalue weighted by atomic mass is 9.98. The second-order valence-corrected chi connectivity index (χ2v) is 7.99. The highest BCUT2D eigenvalue weighted by atomic mass is 35.5. The summed E-state index contributed by atoms with van der Waals surface area (Å²) in [6.07, 6.45) is 5.35. The molecule has 156 valence electrons. The number of carbonyl (C=O) groups excluding carboxylic acids is 1. The van der Waals surface area contributed by atoms with Crippen LogP contribution in [0.25, 0.3) is 11.3 Å². The standard InChI is InChI=1S/C21H26ClN3O4/c1-13-10-18(24-25(13)12-19(26)27)15-8-9-17(22)16(11-15)21(29)23-20(28)14-6-4-2-3-5-7-14/h8-11,14,20,28H,2-7,12H2,1H3,(H,23,29)(H,26,27). The van der Waals surface area contributed by atoms with Crippen molar-refractivity contribution in [2.75, 3.05) is 0 Å². The number of benzene rings is 1. The molecule has 1 atom stereocenters. The maximum atomic E-state index is 12.7. The van der Waals surface area contributed by atoms with E-state index in [2.05, 4.69) is 10.4 Å². The van der Waals surface area contributed by atoms with Crippen LogP contribution in [-0.4, -0.2) is 38.1 Å². The number of aromatic nitrogens is 2. The van der Waals surface area contributed by atoms with E-state index in [4.69, 9.17) is 16.7 Å². The molecule has 0 spiro atoms. The van der Waals surface area contributed by atoms with Gasteiger partial charge in [0.15, 0.2) is 0 Å². The molecule has 1 aliphatic rings. The monoisotopic (exact) mass is 419 g/mol. The van der Waals surface area contributed by atoms with E-state index < -0.39 is 18.1 Å². The topological polar surface area (TPSA) is 104 Å². The number of nitrogens with zero attached hydrogens (tertiary/aromatic N) is 2. The van der Waals surface area contributed by atoms with Gasteiger partial charge in [-0.15, -0.1) is 0 Å². The molecule has 29 heavy (non-hydrogen) atoms. The van der Waals surface area contributed by atoms with Gasteiger partial charge in [-0.25, -0.2) is 0 Å². The van der Waals surface area contributed by atoms with Gasteiger partial charge in [0.2, 0.25) is 0 Å². The number of rotatable bonds is 6. The van der Waals surface area contributed by atoms with Gasteiger partial charge in [-0.3, -0.25) is 14.3 Å². The Bertz CT molecular complexity index is 888. The lowest BCUT2D eigenvalue weighted by Crippen LogP contribution is -2.40. The summed E-state index contributed by atoms with van der Waals surface area (Å²) in [4.78, 5) is 23.7. The van der Waals surface area contributed by atoms with E-state index in [-0.39, 0.29) is 23.0 Å². The van der Waals surface area contributed by atoms with Gasteiger partial charge in [0.25, 0.3) is 5.91 Å². The highest BCUT2D eigenvalue weighted by molar-refractivity contribution is 6.34. The fourth-order valence-corrected chi connectivity index (χ4v) is 3.96. The molecule has 1 fully saturated rings. The Labute approximate surface area is 174 Å². The third-order valence-corrected chi connectivity index (χ3v) is 5.73. The molecule has 1 aliphatic carbocycles. The summed E-state index contributed by atoms with van der Waals surface area (Å²) < 4.78 is 1.39. The zero-order valence-electron chi connectivity index (χ0n) is 16.4. The molecule has 1 aromatic carbocycles. The normalized spacial score (nSPS) is 16.2. The summed E-state index contributed by atoms with van der Waals surface area (Å²) in [6, 6.07) is 6.71. The van der Waals surface area contributed by atoms with Crippen LogP contribution in [0.1, 0.15) is 54.6 Å². The zero-order chi connectivity index (χ0) is 21.0. The number of aliphatic carboxylic acids is 1. The number of aliphatic hydroxyl groups excluding tert-OH is 1. The molecule has 1 saturated carbocycles. The number of carboxylic acid groups (broad SMARTS) is 1. The first-order valence-electron chi connectivity index (χ1n) is 9.90. The minimum atomic E-state index is -0.980. The van der Waals surface area contributed by atoms with Crippen molar-refractivity contribution in [3.8, 4) is 11.3 Å². The van der Waals surface area contributed by atoms with Crippen LogP contribution >= 0.6 is 11.6 Å². The van der Waals surface area contributed by atoms with E-state index >= 15 is 0 Å². The van der Waals surface area contributed by atoms with Crippen molar-refractivity contribution in [3.63, 3.8) is 0 Å². The summed E-state index contributed by atoms with van der Waals surface area (Å²) in [7, 11) is 0. The molecule has 7 nitrogen and oxygen atoms in total. The van der Waals surface area contributed by atoms with Crippen LogP contribution in [0, 0.1) is 12.8 Å². The number of nitrogens with one attached hydrogen (secondary N) is 1. The van der Waals surface area contributed by atoms with Gasteiger partial charge in [-0.05, 0) is 38.0 Å². The average molecular weight is 420 g/mol. The first-order valence-corrected chi connectivity index (χ1v) is 10.3. The first kappa shape index (κ1) is 21.3. The Hall–Kier alpha value is -2.38. The maximum Gasteiger partial charge on any atom is 0.325 e. The van der Waals surface area contributed by atoms with Gasteiger partial charge in [0, 0.05) is 17.2 Å². The van der Waals surface area contributed by atoms with Crippen LogP contribution in [0.3, 0.4) is 0 Å². The van der Waals surface area contributed by atoms with E-state index in [1.165, 1.54) is 17.5 Å². The minimum Gasteiger partial charge on any atom is -0.480 e. The van der Waals surface area contributed by atoms with E-state index in [1.807, 2.05) is 0 Å². The van der Waals surface area contributed by atoms with Gasteiger partial charge in [0.1, 0.15) is 12.8 Å². The Morgan fingerprint density at radius 3 is 2.59 bits per heavy atom. The fraction of sp³-hybridized carbons (Fsp3) is 0.476. The van der Waals surface area contributed by atoms with Crippen molar-refractivity contribution in [2.45, 2.75) is 58.2 Å². The Kier molecular flexibility index (Phi) is 6.92. The molecule has 2 aromatic rings. The third-order valence-electron chi connectivity index (χ3n) is 5.40. The maximum absolute atomic E-state index is 12.7. The molecule has 0 saturated heterocycles. The summed E-state index contributed by atoms with van der Waals surface area (Å²) in [5.41, 5.74) is 2.16. The Morgan fingerprint density at radius 1 is 1.24 bits per heavy atom. The van der Waals surface area contributed by atoms with E-state index in [0.717, 1.165) is 25.7 Å². The Morgan fingerprint density at radius 2 is 1.93 bits per heavy atom. The highest BCUT2D eigenvalue weighted by Gasteiger charge is 2.24. The Balaban J connectivity index is 1.78. The number of aliphatic hydroxyl groups is 1. The van der Waals surface area contributed by atoms with Crippen molar-refractivity contribution >= 4 is 23.5 Å². The van der Waals surface area contributed by atoms with Crippen molar-refractivity contribution in [3.05, 3.63) is 40.5 Å². The first-order chi connectivity index (χ1) is 13.8. The average Bonchev–Trinajstić information content (AvgIpc) is 2.87. The van der Waals surface area contributed by atoms with Crippen molar-refractivity contribution in [2.24, 2.45) is 5.92 Å². The molecular formula is C21H26ClN3O4. The van der Waals surface area contributed by atoms with Crippen LogP contribution in [0.15, 0.2) is 24.3 Å². The molecule has 1 aromatic heterocycles. The predicted octanol–water partition coefficient (Wildman–Crippen LogP) is 3.62. The number of hydrogen-bond acceptors (Lipinski definition) is 4. The quantitative estimate of drug-likeness (QED) is 0.490. The molecule has 0 bridgehead atoms. The van der Waals surface area contributed by atoms with Crippen molar-refractivity contribution < 1.29 is 19.8 Å². The van der Waals surface area contributed by atoms with Crippen molar-refractivity contribution in [1.29, 1.82) is 0 Å². The molecule has 3 N–H and O–H groups in total. The summed E-state index contributed by atoms with van der Waals surface area (Å²) in [5.74, 6) is -1.36. The molecule has 3 rings (SSSR count). The summed E-state index contributed by atoms with van der Waals surface area (Å²) in [6.45, 7) is 1.53. The van der Waals surface area contributed by atoms with Gasteiger partial charge in [0.05, 0.1) is 16.3 Å². The summed E-state index contributed by atoms with van der Waals surface area (Å²) >= 11 is 6.23. The van der Waals surface area contributed by atoms with E-state index in [1.54, 1.807) is 31.2 Å². The van der Waals surface area contributed by atoms with E-state index in [0.29, 0.717) is 17.0 Å². The van der Waals surface area contributed by atoms with E-state index in [9.17, 15) is 14.7 Å². The molecular weight excluding hydrogens is 394 g/mol. The molecule has 0 aliphatic heterocycles. The molecule has 1 unspecified atom stereocenters. The van der Waals surface area contributed by atoms with Gasteiger partial charge < -0.3 is 15.5 Å². The number of carbonyl (C=O) groups is 2. The molecule has 1 heterocycles. The predicted molar refractivity (Wildman–Crippen MR) is 110 cm³/mol. The van der Waals surface area contributed by atoms with Gasteiger partial charge >= 0.3 is 5.97 Å². The largest absolute Gasteiger partial charge is 0.480 e. The lowest BCUT2D eigenvalue weighted by molar-refractivity contribution is -0.137. The van der Waals surface area contributed by atoms with Gasteiger partial charge in [-0.2, -0.15) is 5.10 Å². The highest BCUT2D eigenvalue weighted by Crippen LogP contribution is 2.27. The second kappa shape index (κ2) is 9.41. The molecule has 0 radical (unpaired) electrons. The van der Waals surface area contributed by atoms with Crippen LogP contribution < -0.4 is 5.32 Å². The fourth-order valence-electron chi connectivity index (χ4n) is 3.75. The third kappa shape index (κ3) is 5.36. The van der Waals surface area contributed by atoms with Crippen LogP contribution in [0.2, 0.25) is 5.02 Å².